The Kier molecular flexibility index (Phi) is 5.62. The van der Waals surface area contributed by atoms with Crippen molar-refractivity contribution >= 4 is 5.90 Å². The molecular weight excluding hydrogens is 429 g/mol. The Labute approximate surface area is 181 Å². The molecule has 0 bridgehead atoms. The average molecular weight is 447 g/mol. The van der Waals surface area contributed by atoms with Gasteiger partial charge in [-0.2, -0.15) is 0 Å². The van der Waals surface area contributed by atoms with Gasteiger partial charge < -0.3 is 9.47 Å². The van der Waals surface area contributed by atoms with Crippen molar-refractivity contribution in [1.29, 1.82) is 0 Å². The van der Waals surface area contributed by atoms with E-state index >= 15 is 0 Å². The van der Waals surface area contributed by atoms with E-state index in [0.29, 0.717) is 5.56 Å². The van der Waals surface area contributed by atoms with Crippen LogP contribution in [0.25, 0.3) is 11.1 Å². The molecule has 8 heteroatoms. The van der Waals surface area contributed by atoms with E-state index in [4.69, 9.17) is 4.74 Å². The first-order valence-corrected chi connectivity index (χ1v) is 9.78. The van der Waals surface area contributed by atoms with E-state index < -0.39 is 30.1 Å². The molecule has 0 N–H and O–H groups in total. The lowest BCUT2D eigenvalue weighted by Crippen LogP contribution is -2.16. The fraction of sp³-hybridized carbons (Fsp3) is 0.208. The summed E-state index contributed by atoms with van der Waals surface area (Å²) in [5.74, 6) is -1.88. The lowest BCUT2D eigenvalue weighted by molar-refractivity contribution is -0.274. The van der Waals surface area contributed by atoms with Gasteiger partial charge in [0.05, 0.1) is 0 Å². The van der Waals surface area contributed by atoms with Gasteiger partial charge in [-0.05, 0) is 60.4 Å². The molecule has 3 aromatic rings. The molecule has 1 aliphatic rings. The van der Waals surface area contributed by atoms with E-state index in [0.717, 1.165) is 28.8 Å². The van der Waals surface area contributed by atoms with Crippen LogP contribution in [-0.4, -0.2) is 18.4 Å². The molecule has 0 unspecified atom stereocenters. The van der Waals surface area contributed by atoms with Gasteiger partial charge in [0.2, 0.25) is 5.90 Å². The van der Waals surface area contributed by atoms with E-state index in [-0.39, 0.29) is 17.2 Å². The van der Waals surface area contributed by atoms with Crippen molar-refractivity contribution in [1.82, 2.24) is 0 Å². The summed E-state index contributed by atoms with van der Waals surface area (Å²) in [6.45, 7) is 3.64. The lowest BCUT2D eigenvalue weighted by atomic mass is 9.94. The fourth-order valence-electron chi connectivity index (χ4n) is 3.69. The number of ether oxygens (including phenoxy) is 2. The summed E-state index contributed by atoms with van der Waals surface area (Å²) in [6.07, 6.45) is -5.18. The van der Waals surface area contributed by atoms with Crippen molar-refractivity contribution in [2.75, 3.05) is 0 Å². The van der Waals surface area contributed by atoms with E-state index in [1.165, 1.54) is 30.3 Å². The highest BCUT2D eigenvalue weighted by atomic mass is 19.4. The van der Waals surface area contributed by atoms with Crippen molar-refractivity contribution in [3.63, 3.8) is 0 Å². The smallest absolute Gasteiger partial charge is 0.472 e. The molecule has 2 atom stereocenters. The quantitative estimate of drug-likeness (QED) is 0.415. The van der Waals surface area contributed by atoms with Gasteiger partial charge in [-0.25, -0.2) is 13.8 Å². The maximum absolute atomic E-state index is 14.1. The molecule has 0 aliphatic carbocycles. The van der Waals surface area contributed by atoms with Crippen molar-refractivity contribution in [2.24, 2.45) is 4.99 Å². The molecule has 3 nitrogen and oxygen atoms in total. The molecule has 1 aliphatic heterocycles. The maximum Gasteiger partial charge on any atom is 0.573 e. The minimum Gasteiger partial charge on any atom is -0.472 e. The average Bonchev–Trinajstić information content (AvgIpc) is 3.08. The SMILES string of the molecule is Cc1cc(-c2ccc(OC(F)(F)F)cc2)ccc1[C@@H]1N=C(c2c(F)cccc2F)O[C@@H]1C. The Morgan fingerprint density at radius 1 is 0.906 bits per heavy atom. The van der Waals surface area contributed by atoms with Crippen LogP contribution in [0.4, 0.5) is 22.0 Å². The zero-order chi connectivity index (χ0) is 23.0. The van der Waals surface area contributed by atoms with Gasteiger partial charge in [0, 0.05) is 0 Å². The largest absolute Gasteiger partial charge is 0.573 e. The lowest BCUT2D eigenvalue weighted by Gasteiger charge is -2.16. The summed E-state index contributed by atoms with van der Waals surface area (Å²) in [4.78, 5) is 4.43. The minimum atomic E-state index is -4.75. The van der Waals surface area contributed by atoms with Crippen molar-refractivity contribution in [2.45, 2.75) is 32.4 Å². The molecule has 0 spiro atoms. The third-order valence-electron chi connectivity index (χ3n) is 5.18. The number of hydrogen-bond acceptors (Lipinski definition) is 3. The molecule has 0 radical (unpaired) electrons. The number of hydrogen-bond donors (Lipinski definition) is 0. The summed E-state index contributed by atoms with van der Waals surface area (Å²) in [6, 6.07) is 14.2. The second-order valence-electron chi connectivity index (χ2n) is 7.44. The number of aliphatic imine (C=N–C) groups is 1. The van der Waals surface area contributed by atoms with E-state index in [9.17, 15) is 22.0 Å². The van der Waals surface area contributed by atoms with Crippen LogP contribution in [0.15, 0.2) is 65.7 Å². The molecule has 4 rings (SSSR count). The van der Waals surface area contributed by atoms with Crippen LogP contribution in [0.2, 0.25) is 0 Å². The van der Waals surface area contributed by atoms with Gasteiger partial charge in [0.25, 0.3) is 0 Å². The van der Waals surface area contributed by atoms with Crippen molar-refractivity contribution < 1.29 is 31.4 Å². The molecule has 0 fully saturated rings. The number of halogens is 5. The summed E-state index contributed by atoms with van der Waals surface area (Å²) in [5.41, 5.74) is 2.89. The topological polar surface area (TPSA) is 30.8 Å². The third-order valence-corrected chi connectivity index (χ3v) is 5.18. The maximum atomic E-state index is 14.1. The Morgan fingerprint density at radius 3 is 2.12 bits per heavy atom. The molecule has 1 heterocycles. The number of rotatable bonds is 4. The summed E-state index contributed by atoms with van der Waals surface area (Å²) >= 11 is 0. The van der Waals surface area contributed by atoms with Crippen molar-refractivity contribution in [3.8, 4) is 16.9 Å². The molecule has 3 aromatic carbocycles. The predicted octanol–water partition coefficient (Wildman–Crippen LogP) is 6.75. The Hall–Kier alpha value is -3.42. The normalized spacial score (nSPS) is 18.3. The number of alkyl halides is 3. The van der Waals surface area contributed by atoms with Gasteiger partial charge in [-0.15, -0.1) is 13.2 Å². The highest BCUT2D eigenvalue weighted by Crippen LogP contribution is 2.35. The van der Waals surface area contributed by atoms with E-state index in [1.54, 1.807) is 6.92 Å². The highest BCUT2D eigenvalue weighted by molar-refractivity contribution is 5.96. The molecule has 32 heavy (non-hydrogen) atoms. The molecule has 0 aromatic heterocycles. The molecule has 166 valence electrons. The number of aryl methyl sites for hydroxylation is 1. The standard InChI is InChI=1S/C24H18F5NO2/c1-13-12-16(15-6-9-17(10-7-15)32-24(27,28)29)8-11-18(13)22-14(2)31-23(30-22)21-19(25)4-3-5-20(21)26/h3-12,14,22H,1-2H3/t14-,22-/m1/s1. The van der Waals surface area contributed by atoms with Crippen LogP contribution in [-0.2, 0) is 4.74 Å². The van der Waals surface area contributed by atoms with E-state index in [1.807, 2.05) is 25.1 Å². The van der Waals surface area contributed by atoms with Crippen LogP contribution in [0.1, 0.15) is 29.7 Å². The Morgan fingerprint density at radius 2 is 1.53 bits per heavy atom. The minimum absolute atomic E-state index is 0.0816. The van der Waals surface area contributed by atoms with Gasteiger partial charge >= 0.3 is 6.36 Å². The van der Waals surface area contributed by atoms with Crippen LogP contribution in [0, 0.1) is 18.6 Å². The number of benzene rings is 3. The van der Waals surface area contributed by atoms with Crippen molar-refractivity contribution in [3.05, 3.63) is 89.0 Å². The van der Waals surface area contributed by atoms with Gasteiger partial charge in [-0.1, -0.05) is 36.4 Å². The van der Waals surface area contributed by atoms with Gasteiger partial charge in [-0.3, -0.25) is 0 Å². The zero-order valence-electron chi connectivity index (χ0n) is 17.1. The van der Waals surface area contributed by atoms with Crippen LogP contribution >= 0.6 is 0 Å². The predicted molar refractivity (Wildman–Crippen MR) is 109 cm³/mol. The molecule has 0 saturated carbocycles. The fourth-order valence-corrected chi connectivity index (χ4v) is 3.69. The van der Waals surface area contributed by atoms with Crippen LogP contribution < -0.4 is 4.74 Å². The summed E-state index contributed by atoms with van der Waals surface area (Å²) in [5, 5.41) is 0. The first-order chi connectivity index (χ1) is 15.1. The monoisotopic (exact) mass is 447 g/mol. The second kappa shape index (κ2) is 8.26. The molecule has 0 saturated heterocycles. The van der Waals surface area contributed by atoms with Crippen LogP contribution in [0.5, 0.6) is 5.75 Å². The molecule has 0 amide bonds. The van der Waals surface area contributed by atoms with E-state index in [2.05, 4.69) is 9.73 Å². The Balaban J connectivity index is 1.60. The second-order valence-corrected chi connectivity index (χ2v) is 7.44. The summed E-state index contributed by atoms with van der Waals surface area (Å²) < 4.78 is 74.8. The zero-order valence-corrected chi connectivity index (χ0v) is 17.1. The highest BCUT2D eigenvalue weighted by Gasteiger charge is 2.33. The number of nitrogens with zero attached hydrogens (tertiary/aromatic N) is 1. The van der Waals surface area contributed by atoms with Crippen LogP contribution in [0.3, 0.4) is 0 Å². The first-order valence-electron chi connectivity index (χ1n) is 9.78. The first kappa shape index (κ1) is 21.8. The summed E-state index contributed by atoms with van der Waals surface area (Å²) in [7, 11) is 0. The van der Waals surface area contributed by atoms with Gasteiger partial charge in [0.15, 0.2) is 0 Å². The Bertz CT molecular complexity index is 1150. The van der Waals surface area contributed by atoms with Gasteiger partial charge in [0.1, 0.15) is 35.1 Å². The molecular formula is C24H18F5NO2. The third kappa shape index (κ3) is 4.44.